The Hall–Kier alpha value is -2.02. The third kappa shape index (κ3) is 3.22. The number of hydrogen-bond acceptors (Lipinski definition) is 6. The Bertz CT molecular complexity index is 522. The molecule has 2 aromatic heterocycles. The number of nitrogen functional groups attached to an aromatic ring is 1. The minimum Gasteiger partial charge on any atom is -0.397 e. The molecular weight excluding hydrogens is 238 g/mol. The van der Waals surface area contributed by atoms with E-state index in [0.29, 0.717) is 16.5 Å². The van der Waals surface area contributed by atoms with Crippen LogP contribution in [0.1, 0.15) is 10.7 Å². The molecule has 2 rings (SSSR count). The molecule has 0 bridgehead atoms. The van der Waals surface area contributed by atoms with E-state index in [4.69, 9.17) is 5.73 Å². The molecule has 0 fully saturated rings. The second-order valence-corrected chi connectivity index (χ2v) is 4.62. The molecule has 6 nitrogen and oxygen atoms in total. The maximum absolute atomic E-state index is 11.6. The van der Waals surface area contributed by atoms with E-state index >= 15 is 0 Å². The Kier molecular flexibility index (Phi) is 3.29. The third-order valence-electron chi connectivity index (χ3n) is 1.96. The van der Waals surface area contributed by atoms with Gasteiger partial charge in [-0.25, -0.2) is 0 Å². The monoisotopic (exact) mass is 249 g/mol. The Morgan fingerprint density at radius 3 is 2.88 bits per heavy atom. The fourth-order valence-corrected chi connectivity index (χ4v) is 1.82. The van der Waals surface area contributed by atoms with E-state index in [-0.39, 0.29) is 12.3 Å². The molecule has 2 aromatic rings. The topological polar surface area (TPSA) is 93.8 Å². The second-order valence-electron chi connectivity index (χ2n) is 3.43. The summed E-state index contributed by atoms with van der Waals surface area (Å²) in [5.41, 5.74) is 6.75. The number of amides is 1. The van der Waals surface area contributed by atoms with Crippen molar-refractivity contribution in [1.29, 1.82) is 0 Å². The molecule has 0 radical (unpaired) electrons. The first-order valence-electron chi connectivity index (χ1n) is 4.94. The molecule has 0 spiro atoms. The smallest absolute Gasteiger partial charge is 0.232 e. The highest BCUT2D eigenvalue weighted by Crippen LogP contribution is 2.13. The molecule has 7 heteroatoms. The van der Waals surface area contributed by atoms with Crippen LogP contribution >= 0.6 is 11.3 Å². The normalized spacial score (nSPS) is 10.2. The Labute approximate surface area is 102 Å². The number of nitrogens with one attached hydrogen (secondary N) is 1. The lowest BCUT2D eigenvalue weighted by Gasteiger charge is -2.01. The highest BCUT2D eigenvalue weighted by molar-refractivity contribution is 7.15. The Morgan fingerprint density at radius 2 is 2.29 bits per heavy atom. The Morgan fingerprint density at radius 1 is 1.47 bits per heavy atom. The van der Waals surface area contributed by atoms with Crippen LogP contribution in [-0.4, -0.2) is 21.1 Å². The number of nitrogens with two attached hydrogens (primary N) is 1. The largest absolute Gasteiger partial charge is 0.397 e. The lowest BCUT2D eigenvalue weighted by molar-refractivity contribution is -0.115. The van der Waals surface area contributed by atoms with Crippen molar-refractivity contribution in [3.8, 4) is 0 Å². The molecule has 0 aromatic carbocycles. The minimum atomic E-state index is -0.168. The summed E-state index contributed by atoms with van der Waals surface area (Å²) in [4.78, 5) is 15.7. The molecule has 2 heterocycles. The molecule has 0 aliphatic rings. The third-order valence-corrected chi connectivity index (χ3v) is 2.72. The number of hydrogen-bond donors (Lipinski definition) is 2. The molecule has 3 N–H and O–H groups in total. The minimum absolute atomic E-state index is 0.168. The van der Waals surface area contributed by atoms with Crippen LogP contribution in [0, 0.1) is 6.92 Å². The van der Waals surface area contributed by atoms with Gasteiger partial charge in [0, 0.05) is 5.69 Å². The van der Waals surface area contributed by atoms with Crippen molar-refractivity contribution in [2.24, 2.45) is 0 Å². The predicted octanol–water partition coefficient (Wildman–Crippen LogP) is 1.00. The number of carbonyl (C=O) groups is 1. The van der Waals surface area contributed by atoms with Crippen molar-refractivity contribution in [1.82, 2.24) is 15.2 Å². The lowest BCUT2D eigenvalue weighted by atomic mass is 10.2. The summed E-state index contributed by atoms with van der Waals surface area (Å²) in [7, 11) is 0. The van der Waals surface area contributed by atoms with Gasteiger partial charge in [0.15, 0.2) is 0 Å². The van der Waals surface area contributed by atoms with Gasteiger partial charge in [0.05, 0.1) is 18.3 Å². The Balaban J connectivity index is 1.95. The summed E-state index contributed by atoms with van der Waals surface area (Å²) < 4.78 is 0. The van der Waals surface area contributed by atoms with E-state index in [9.17, 15) is 4.79 Å². The number of carbonyl (C=O) groups excluding carboxylic acids is 1. The molecule has 1 amide bonds. The summed E-state index contributed by atoms with van der Waals surface area (Å²) in [5, 5.41) is 11.6. The average Bonchev–Trinajstić information content (AvgIpc) is 2.67. The fourth-order valence-electron chi connectivity index (χ4n) is 1.22. The number of aromatic nitrogens is 3. The number of nitrogens with zero attached hydrogens (tertiary/aromatic N) is 3. The number of aryl methyl sites for hydroxylation is 1. The maximum Gasteiger partial charge on any atom is 0.232 e. The SMILES string of the molecule is Cc1nnc(NC(=O)Cc2ccc(N)cn2)s1. The van der Waals surface area contributed by atoms with E-state index in [1.54, 1.807) is 12.1 Å². The van der Waals surface area contributed by atoms with Crippen LogP contribution in [0.2, 0.25) is 0 Å². The van der Waals surface area contributed by atoms with Crippen LogP contribution in [0.4, 0.5) is 10.8 Å². The zero-order valence-corrected chi connectivity index (χ0v) is 9.99. The van der Waals surface area contributed by atoms with Crippen LogP contribution in [0.3, 0.4) is 0 Å². The van der Waals surface area contributed by atoms with Crippen LogP contribution in [0.5, 0.6) is 0 Å². The van der Waals surface area contributed by atoms with Gasteiger partial charge in [0.25, 0.3) is 0 Å². The zero-order valence-electron chi connectivity index (χ0n) is 9.17. The molecule has 0 saturated carbocycles. The van der Waals surface area contributed by atoms with Gasteiger partial charge >= 0.3 is 0 Å². The second kappa shape index (κ2) is 4.88. The van der Waals surface area contributed by atoms with Crippen LogP contribution in [-0.2, 0) is 11.2 Å². The number of anilines is 2. The van der Waals surface area contributed by atoms with Gasteiger partial charge < -0.3 is 11.1 Å². The van der Waals surface area contributed by atoms with E-state index < -0.39 is 0 Å². The quantitative estimate of drug-likeness (QED) is 0.846. The van der Waals surface area contributed by atoms with Gasteiger partial charge in [-0.05, 0) is 19.1 Å². The molecular formula is C10H11N5OS. The van der Waals surface area contributed by atoms with Gasteiger partial charge in [-0.3, -0.25) is 9.78 Å². The highest BCUT2D eigenvalue weighted by Gasteiger charge is 2.07. The molecule has 17 heavy (non-hydrogen) atoms. The van der Waals surface area contributed by atoms with Crippen molar-refractivity contribution >= 4 is 28.1 Å². The van der Waals surface area contributed by atoms with Crippen LogP contribution in [0.25, 0.3) is 0 Å². The first-order chi connectivity index (χ1) is 8.13. The summed E-state index contributed by atoms with van der Waals surface area (Å²) in [5.74, 6) is -0.168. The fraction of sp³-hybridized carbons (Fsp3) is 0.200. The average molecular weight is 249 g/mol. The van der Waals surface area contributed by atoms with E-state index in [1.165, 1.54) is 17.5 Å². The maximum atomic E-state index is 11.6. The number of rotatable bonds is 3. The summed E-state index contributed by atoms with van der Waals surface area (Å²) in [6.07, 6.45) is 1.72. The molecule has 0 atom stereocenters. The van der Waals surface area contributed by atoms with Crippen LogP contribution in [0.15, 0.2) is 18.3 Å². The van der Waals surface area contributed by atoms with E-state index in [2.05, 4.69) is 20.5 Å². The molecule has 88 valence electrons. The van der Waals surface area contributed by atoms with Crippen molar-refractivity contribution in [2.45, 2.75) is 13.3 Å². The first kappa shape index (κ1) is 11.5. The van der Waals surface area contributed by atoms with Crippen LogP contribution < -0.4 is 11.1 Å². The molecule has 0 aliphatic heterocycles. The van der Waals surface area contributed by atoms with Crippen molar-refractivity contribution in [2.75, 3.05) is 11.1 Å². The van der Waals surface area contributed by atoms with Gasteiger partial charge in [0.2, 0.25) is 11.0 Å². The summed E-state index contributed by atoms with van der Waals surface area (Å²) in [6.45, 7) is 1.83. The van der Waals surface area contributed by atoms with Gasteiger partial charge in [-0.1, -0.05) is 11.3 Å². The van der Waals surface area contributed by atoms with Crippen molar-refractivity contribution in [3.05, 3.63) is 29.0 Å². The van der Waals surface area contributed by atoms with Crippen molar-refractivity contribution in [3.63, 3.8) is 0 Å². The molecule has 0 unspecified atom stereocenters. The van der Waals surface area contributed by atoms with E-state index in [1.807, 2.05) is 6.92 Å². The molecule has 0 aliphatic carbocycles. The van der Waals surface area contributed by atoms with Gasteiger partial charge in [-0.15, -0.1) is 10.2 Å². The zero-order chi connectivity index (χ0) is 12.3. The highest BCUT2D eigenvalue weighted by atomic mass is 32.1. The standard InChI is InChI=1S/C10H11N5OS/c1-6-14-15-10(17-6)13-9(16)4-8-3-2-7(11)5-12-8/h2-3,5H,4,11H2,1H3,(H,13,15,16). The summed E-state index contributed by atoms with van der Waals surface area (Å²) in [6, 6.07) is 3.44. The predicted molar refractivity (Wildman–Crippen MR) is 65.6 cm³/mol. The van der Waals surface area contributed by atoms with E-state index in [0.717, 1.165) is 5.01 Å². The lowest BCUT2D eigenvalue weighted by Crippen LogP contribution is -2.15. The molecule has 0 saturated heterocycles. The van der Waals surface area contributed by atoms with Gasteiger partial charge in [-0.2, -0.15) is 0 Å². The van der Waals surface area contributed by atoms with Gasteiger partial charge in [0.1, 0.15) is 5.01 Å². The van der Waals surface area contributed by atoms with Crippen molar-refractivity contribution < 1.29 is 4.79 Å². The first-order valence-corrected chi connectivity index (χ1v) is 5.75. The summed E-state index contributed by atoms with van der Waals surface area (Å²) >= 11 is 1.33. The number of pyridine rings is 1.